The normalized spacial score (nSPS) is 23.1. The fraction of sp³-hybridized carbons (Fsp3) is 1.00. The van der Waals surface area contributed by atoms with Crippen LogP contribution in [0.1, 0.15) is 72.1 Å². The molecule has 2 rings (SSSR count). The van der Waals surface area contributed by atoms with E-state index in [-0.39, 0.29) is 12.1 Å². The molecule has 0 spiro atoms. The van der Waals surface area contributed by atoms with Gasteiger partial charge >= 0.3 is 0 Å². The van der Waals surface area contributed by atoms with Crippen LogP contribution in [0.4, 0.5) is 0 Å². The lowest BCUT2D eigenvalue weighted by molar-refractivity contribution is 0.139. The van der Waals surface area contributed by atoms with E-state index >= 15 is 0 Å². The fourth-order valence-electron chi connectivity index (χ4n) is 3.75. The molecule has 3 heteroatoms. The molecule has 0 aromatic carbocycles. The van der Waals surface area contributed by atoms with E-state index in [9.17, 15) is 5.11 Å². The van der Waals surface area contributed by atoms with Crippen molar-refractivity contribution in [2.75, 3.05) is 19.7 Å². The van der Waals surface area contributed by atoms with Gasteiger partial charge in [0, 0.05) is 24.2 Å². The second kappa shape index (κ2) is 7.94. The molecular weight excluding hydrogens is 260 g/mol. The predicted molar refractivity (Wildman–Crippen MR) is 89.5 cm³/mol. The zero-order valence-corrected chi connectivity index (χ0v) is 14.4. The third-order valence-electron chi connectivity index (χ3n) is 5.09. The Kier molecular flexibility index (Phi) is 6.51. The Labute approximate surface area is 131 Å². The van der Waals surface area contributed by atoms with Gasteiger partial charge in [-0.1, -0.05) is 26.7 Å². The van der Waals surface area contributed by atoms with Crippen molar-refractivity contribution in [2.24, 2.45) is 5.92 Å². The first-order valence-corrected chi connectivity index (χ1v) is 9.15. The Bertz CT molecular complexity index is 298. The van der Waals surface area contributed by atoms with Crippen LogP contribution in [0.5, 0.6) is 0 Å². The topological polar surface area (TPSA) is 35.5 Å². The highest BCUT2D eigenvalue weighted by Crippen LogP contribution is 2.27. The predicted octanol–water partition coefficient (Wildman–Crippen LogP) is 3.17. The molecule has 2 N–H and O–H groups in total. The van der Waals surface area contributed by atoms with Gasteiger partial charge in [-0.25, -0.2) is 0 Å². The number of hydrogen-bond acceptors (Lipinski definition) is 3. The Morgan fingerprint density at radius 1 is 1.19 bits per heavy atom. The van der Waals surface area contributed by atoms with Crippen LogP contribution in [-0.4, -0.2) is 47.3 Å². The maximum atomic E-state index is 9.71. The van der Waals surface area contributed by atoms with Crippen LogP contribution in [0.3, 0.4) is 0 Å². The van der Waals surface area contributed by atoms with E-state index in [1.165, 1.54) is 58.0 Å². The van der Waals surface area contributed by atoms with Gasteiger partial charge in [0.1, 0.15) is 0 Å². The summed E-state index contributed by atoms with van der Waals surface area (Å²) in [7, 11) is 0. The zero-order valence-electron chi connectivity index (χ0n) is 14.4. The minimum Gasteiger partial charge on any atom is -0.394 e. The minimum absolute atomic E-state index is 0.0691. The largest absolute Gasteiger partial charge is 0.394 e. The lowest BCUT2D eigenvalue weighted by Gasteiger charge is -2.33. The van der Waals surface area contributed by atoms with Crippen molar-refractivity contribution in [3.63, 3.8) is 0 Å². The third kappa shape index (κ3) is 5.88. The summed E-state index contributed by atoms with van der Waals surface area (Å²) in [6, 6.07) is 1.49. The lowest BCUT2D eigenvalue weighted by atomic mass is 9.96. The molecule has 0 amide bonds. The molecule has 1 atom stereocenters. The number of rotatable bonds is 10. The van der Waals surface area contributed by atoms with E-state index in [0.29, 0.717) is 6.04 Å². The van der Waals surface area contributed by atoms with Crippen molar-refractivity contribution in [1.29, 1.82) is 0 Å². The SMILES string of the molecule is CC(C)CN(CCCC(C)(CO)NC1CC1)C1CCCC1. The quantitative estimate of drug-likeness (QED) is 0.650. The first kappa shape index (κ1) is 17.2. The van der Waals surface area contributed by atoms with Gasteiger partial charge < -0.3 is 15.3 Å². The molecule has 0 aliphatic heterocycles. The molecule has 2 saturated carbocycles. The van der Waals surface area contributed by atoms with Crippen LogP contribution in [0.15, 0.2) is 0 Å². The van der Waals surface area contributed by atoms with Gasteiger partial charge in [0.2, 0.25) is 0 Å². The van der Waals surface area contributed by atoms with Crippen LogP contribution >= 0.6 is 0 Å². The summed E-state index contributed by atoms with van der Waals surface area (Å²) >= 11 is 0. The molecule has 0 bridgehead atoms. The van der Waals surface area contributed by atoms with E-state index in [4.69, 9.17) is 0 Å². The van der Waals surface area contributed by atoms with E-state index in [1.54, 1.807) is 0 Å². The van der Waals surface area contributed by atoms with Gasteiger partial charge in [-0.2, -0.15) is 0 Å². The maximum Gasteiger partial charge on any atom is 0.0610 e. The fourth-order valence-corrected chi connectivity index (χ4v) is 3.75. The molecule has 2 fully saturated rings. The van der Waals surface area contributed by atoms with Gasteiger partial charge in [0.25, 0.3) is 0 Å². The molecule has 124 valence electrons. The summed E-state index contributed by atoms with van der Waals surface area (Å²) in [6.07, 6.45) is 10.5. The van der Waals surface area contributed by atoms with Crippen LogP contribution in [-0.2, 0) is 0 Å². The van der Waals surface area contributed by atoms with Crippen molar-refractivity contribution < 1.29 is 5.11 Å². The van der Waals surface area contributed by atoms with Gasteiger partial charge in [0.15, 0.2) is 0 Å². The highest BCUT2D eigenvalue weighted by Gasteiger charge is 2.32. The average Bonchev–Trinajstić information content (AvgIpc) is 3.07. The summed E-state index contributed by atoms with van der Waals surface area (Å²) in [5, 5.41) is 13.3. The summed E-state index contributed by atoms with van der Waals surface area (Å²) < 4.78 is 0. The van der Waals surface area contributed by atoms with Crippen LogP contribution < -0.4 is 5.32 Å². The molecule has 3 nitrogen and oxygen atoms in total. The highest BCUT2D eigenvalue weighted by atomic mass is 16.3. The molecule has 21 heavy (non-hydrogen) atoms. The molecule has 0 heterocycles. The van der Waals surface area contributed by atoms with Gasteiger partial charge in [-0.05, 0) is 57.9 Å². The first-order valence-electron chi connectivity index (χ1n) is 9.15. The number of aliphatic hydroxyl groups excluding tert-OH is 1. The van der Waals surface area contributed by atoms with Crippen molar-refractivity contribution in [2.45, 2.75) is 89.8 Å². The second-order valence-corrected chi connectivity index (χ2v) is 8.07. The Morgan fingerprint density at radius 3 is 2.38 bits per heavy atom. The molecule has 0 saturated heterocycles. The van der Waals surface area contributed by atoms with Crippen molar-refractivity contribution >= 4 is 0 Å². The number of nitrogens with zero attached hydrogens (tertiary/aromatic N) is 1. The van der Waals surface area contributed by atoms with E-state index < -0.39 is 0 Å². The summed E-state index contributed by atoms with van der Waals surface area (Å²) in [4.78, 5) is 2.73. The van der Waals surface area contributed by atoms with Crippen LogP contribution in [0, 0.1) is 5.92 Å². The lowest BCUT2D eigenvalue weighted by Crippen LogP contribution is -2.47. The van der Waals surface area contributed by atoms with Crippen LogP contribution in [0.25, 0.3) is 0 Å². The Hall–Kier alpha value is -0.120. The van der Waals surface area contributed by atoms with Crippen molar-refractivity contribution in [3.05, 3.63) is 0 Å². The zero-order chi connectivity index (χ0) is 15.3. The molecule has 0 aromatic heterocycles. The number of aliphatic hydroxyl groups is 1. The standard InChI is InChI=1S/C18H36N2O/c1-15(2)13-20(17-7-4-5-8-17)12-6-11-18(3,14-21)19-16-9-10-16/h15-17,19,21H,4-14H2,1-3H3. The Balaban J connectivity index is 1.76. The van der Waals surface area contributed by atoms with Gasteiger partial charge in [0.05, 0.1) is 6.61 Å². The van der Waals surface area contributed by atoms with Gasteiger partial charge in [-0.15, -0.1) is 0 Å². The highest BCUT2D eigenvalue weighted by molar-refractivity contribution is 4.92. The summed E-state index contributed by atoms with van der Waals surface area (Å²) in [5.74, 6) is 0.749. The first-order chi connectivity index (χ1) is 10.0. The summed E-state index contributed by atoms with van der Waals surface area (Å²) in [6.45, 7) is 9.54. The van der Waals surface area contributed by atoms with Crippen molar-refractivity contribution in [1.82, 2.24) is 10.2 Å². The molecule has 2 aliphatic carbocycles. The molecular formula is C18H36N2O. The van der Waals surface area contributed by atoms with Crippen LogP contribution in [0.2, 0.25) is 0 Å². The monoisotopic (exact) mass is 296 g/mol. The third-order valence-corrected chi connectivity index (χ3v) is 5.09. The summed E-state index contributed by atoms with van der Waals surface area (Å²) in [5.41, 5.74) is -0.0691. The molecule has 0 aromatic rings. The van der Waals surface area contributed by atoms with E-state index in [1.807, 2.05) is 0 Å². The van der Waals surface area contributed by atoms with Crippen molar-refractivity contribution in [3.8, 4) is 0 Å². The second-order valence-electron chi connectivity index (χ2n) is 8.07. The molecule has 1 unspecified atom stereocenters. The molecule has 2 aliphatic rings. The smallest absolute Gasteiger partial charge is 0.0610 e. The van der Waals surface area contributed by atoms with E-state index in [0.717, 1.165) is 18.4 Å². The number of nitrogens with one attached hydrogen (secondary N) is 1. The molecule has 0 radical (unpaired) electrons. The Morgan fingerprint density at radius 2 is 1.86 bits per heavy atom. The maximum absolute atomic E-state index is 9.71. The van der Waals surface area contributed by atoms with E-state index in [2.05, 4.69) is 31.0 Å². The average molecular weight is 296 g/mol. The minimum atomic E-state index is -0.0691. The van der Waals surface area contributed by atoms with Gasteiger partial charge in [-0.3, -0.25) is 0 Å². The number of hydrogen-bond donors (Lipinski definition) is 2.